The summed E-state index contributed by atoms with van der Waals surface area (Å²) in [5, 5.41) is 0.684. The van der Waals surface area contributed by atoms with Crippen LogP contribution in [0.3, 0.4) is 0 Å². The van der Waals surface area contributed by atoms with E-state index in [4.69, 9.17) is 33.3 Å². The first kappa shape index (κ1) is 22.4. The molecule has 1 heterocycles. The largest absolute Gasteiger partial charge is 0.493 e. The Labute approximate surface area is 201 Å². The van der Waals surface area contributed by atoms with Crippen molar-refractivity contribution < 1.29 is 14.3 Å². The summed E-state index contributed by atoms with van der Waals surface area (Å²) in [7, 11) is 1.59. The number of thioether (sulfide) groups is 1. The van der Waals surface area contributed by atoms with Gasteiger partial charge in [0.1, 0.15) is 6.61 Å². The maximum atomic E-state index is 13.1. The van der Waals surface area contributed by atoms with Crippen LogP contribution in [0.1, 0.15) is 16.7 Å². The molecule has 0 spiro atoms. The Morgan fingerprint density at radius 2 is 1.81 bits per heavy atom. The van der Waals surface area contributed by atoms with E-state index in [2.05, 4.69) is 0 Å². The quantitative estimate of drug-likeness (QED) is 0.291. The van der Waals surface area contributed by atoms with Crippen molar-refractivity contribution in [3.05, 3.63) is 93.3 Å². The summed E-state index contributed by atoms with van der Waals surface area (Å²) >= 11 is 12.7. The van der Waals surface area contributed by atoms with Crippen molar-refractivity contribution in [2.45, 2.75) is 13.5 Å². The summed E-state index contributed by atoms with van der Waals surface area (Å²) in [6.45, 7) is 2.35. The molecule has 0 N–H and O–H groups in total. The van der Waals surface area contributed by atoms with Crippen LogP contribution >= 0.6 is 35.6 Å². The number of aryl methyl sites for hydroxylation is 1. The molecule has 162 valence electrons. The molecule has 32 heavy (non-hydrogen) atoms. The first-order valence-electron chi connectivity index (χ1n) is 9.85. The predicted octanol–water partition coefficient (Wildman–Crippen LogP) is 6.64. The Morgan fingerprint density at radius 1 is 1.06 bits per heavy atom. The van der Waals surface area contributed by atoms with Gasteiger partial charge in [-0.25, -0.2) is 0 Å². The standard InChI is InChI=1S/C25H20ClNO3S2/c1-16-5-3-4-6-20(16)27-24(28)23(32-25(27)31)14-18-9-12-21(22(13-18)29-2)30-15-17-7-10-19(26)11-8-17/h3-14H,15H2,1-2H3. The second-order valence-corrected chi connectivity index (χ2v) is 9.24. The average Bonchev–Trinajstić information content (AvgIpc) is 3.07. The number of benzene rings is 3. The molecule has 3 aromatic rings. The summed E-state index contributed by atoms with van der Waals surface area (Å²) in [6, 6.07) is 20.8. The van der Waals surface area contributed by atoms with E-state index < -0.39 is 0 Å². The molecule has 0 atom stereocenters. The Balaban J connectivity index is 1.54. The number of methoxy groups -OCH3 is 1. The van der Waals surface area contributed by atoms with Gasteiger partial charge in [-0.1, -0.05) is 72.0 Å². The summed E-state index contributed by atoms with van der Waals surface area (Å²) in [5.41, 5.74) is 3.63. The van der Waals surface area contributed by atoms with Crippen LogP contribution in [0.2, 0.25) is 5.02 Å². The average molecular weight is 482 g/mol. The molecule has 4 rings (SSSR count). The normalized spacial score (nSPS) is 14.8. The monoisotopic (exact) mass is 481 g/mol. The van der Waals surface area contributed by atoms with Crippen LogP contribution in [0.5, 0.6) is 11.5 Å². The third-order valence-electron chi connectivity index (χ3n) is 4.94. The van der Waals surface area contributed by atoms with Crippen LogP contribution < -0.4 is 14.4 Å². The number of halogens is 1. The molecule has 0 bridgehead atoms. The van der Waals surface area contributed by atoms with E-state index in [9.17, 15) is 4.79 Å². The summed E-state index contributed by atoms with van der Waals surface area (Å²) in [6.07, 6.45) is 1.82. The molecule has 7 heteroatoms. The minimum atomic E-state index is -0.128. The molecule has 0 unspecified atom stereocenters. The summed E-state index contributed by atoms with van der Waals surface area (Å²) in [5.74, 6) is 1.07. The highest BCUT2D eigenvalue weighted by atomic mass is 35.5. The van der Waals surface area contributed by atoms with E-state index in [1.807, 2.05) is 79.7 Å². The van der Waals surface area contributed by atoms with Gasteiger partial charge < -0.3 is 9.47 Å². The lowest BCUT2D eigenvalue weighted by Crippen LogP contribution is -2.28. The molecule has 1 amide bonds. The Morgan fingerprint density at radius 3 is 2.53 bits per heavy atom. The molecule has 0 aromatic heterocycles. The van der Waals surface area contributed by atoms with Crippen molar-refractivity contribution in [3.8, 4) is 11.5 Å². The SMILES string of the molecule is COc1cc(C=C2SC(=S)N(c3ccccc3C)C2=O)ccc1OCc1ccc(Cl)cc1. The van der Waals surface area contributed by atoms with Gasteiger partial charge in [0, 0.05) is 5.02 Å². The molecular formula is C25H20ClNO3S2. The number of amides is 1. The summed E-state index contributed by atoms with van der Waals surface area (Å²) < 4.78 is 11.9. The maximum absolute atomic E-state index is 13.1. The Bertz CT molecular complexity index is 1210. The topological polar surface area (TPSA) is 38.8 Å². The van der Waals surface area contributed by atoms with Gasteiger partial charge >= 0.3 is 0 Å². The Kier molecular flexibility index (Phi) is 6.84. The third kappa shape index (κ3) is 4.83. The first-order valence-corrected chi connectivity index (χ1v) is 11.5. The molecule has 0 saturated carbocycles. The first-order chi connectivity index (χ1) is 15.5. The number of ether oxygens (including phenoxy) is 2. The number of hydrogen-bond acceptors (Lipinski definition) is 5. The number of hydrogen-bond donors (Lipinski definition) is 0. The highest BCUT2D eigenvalue weighted by Gasteiger charge is 2.33. The minimum Gasteiger partial charge on any atom is -0.493 e. The number of nitrogens with zero attached hydrogens (tertiary/aromatic N) is 1. The molecule has 4 nitrogen and oxygen atoms in total. The van der Waals surface area contributed by atoms with Crippen LogP contribution in [0, 0.1) is 6.92 Å². The van der Waals surface area contributed by atoms with E-state index in [-0.39, 0.29) is 5.91 Å². The fourth-order valence-corrected chi connectivity index (χ4v) is 4.69. The molecule has 1 fully saturated rings. The molecule has 0 aliphatic carbocycles. The lowest BCUT2D eigenvalue weighted by atomic mass is 10.1. The van der Waals surface area contributed by atoms with Crippen LogP contribution in [0.25, 0.3) is 6.08 Å². The minimum absolute atomic E-state index is 0.128. The highest BCUT2D eigenvalue weighted by Crippen LogP contribution is 2.38. The van der Waals surface area contributed by atoms with Crippen molar-refractivity contribution in [1.29, 1.82) is 0 Å². The van der Waals surface area contributed by atoms with Crippen LogP contribution in [0.15, 0.2) is 71.6 Å². The zero-order chi connectivity index (χ0) is 22.7. The summed E-state index contributed by atoms with van der Waals surface area (Å²) in [4.78, 5) is 15.2. The number of para-hydroxylation sites is 1. The van der Waals surface area contributed by atoms with Gasteiger partial charge in [0.15, 0.2) is 15.8 Å². The molecule has 1 aliphatic rings. The van der Waals surface area contributed by atoms with E-state index in [1.54, 1.807) is 12.0 Å². The van der Waals surface area contributed by atoms with Crippen LogP contribution in [0.4, 0.5) is 5.69 Å². The Hall–Kier alpha value is -2.80. The van der Waals surface area contributed by atoms with Gasteiger partial charge in [-0.3, -0.25) is 9.69 Å². The number of carbonyl (C=O) groups is 1. The van der Waals surface area contributed by atoms with Crippen LogP contribution in [-0.2, 0) is 11.4 Å². The number of rotatable bonds is 6. The van der Waals surface area contributed by atoms with Gasteiger partial charge in [0.2, 0.25) is 0 Å². The number of carbonyl (C=O) groups excluding carboxylic acids is 1. The lowest BCUT2D eigenvalue weighted by molar-refractivity contribution is -0.113. The molecule has 0 radical (unpaired) electrons. The van der Waals surface area contributed by atoms with E-state index in [0.717, 1.165) is 22.4 Å². The predicted molar refractivity (Wildman–Crippen MR) is 136 cm³/mol. The highest BCUT2D eigenvalue weighted by molar-refractivity contribution is 8.27. The second kappa shape index (κ2) is 9.77. The van der Waals surface area contributed by atoms with Crippen molar-refractivity contribution in [2.24, 2.45) is 0 Å². The van der Waals surface area contributed by atoms with Gasteiger partial charge in [0.05, 0.1) is 17.7 Å². The van der Waals surface area contributed by atoms with E-state index >= 15 is 0 Å². The van der Waals surface area contributed by atoms with Gasteiger partial charge in [-0.15, -0.1) is 0 Å². The fraction of sp³-hybridized carbons (Fsp3) is 0.120. The second-order valence-electron chi connectivity index (χ2n) is 7.13. The lowest BCUT2D eigenvalue weighted by Gasteiger charge is -2.16. The van der Waals surface area contributed by atoms with Crippen molar-refractivity contribution in [3.63, 3.8) is 0 Å². The van der Waals surface area contributed by atoms with Gasteiger partial charge in [-0.2, -0.15) is 0 Å². The fourth-order valence-electron chi connectivity index (χ4n) is 3.28. The maximum Gasteiger partial charge on any atom is 0.270 e. The van der Waals surface area contributed by atoms with Crippen molar-refractivity contribution >= 4 is 57.6 Å². The molecule has 3 aromatic carbocycles. The van der Waals surface area contributed by atoms with E-state index in [1.165, 1.54) is 11.8 Å². The third-order valence-corrected chi connectivity index (χ3v) is 6.50. The van der Waals surface area contributed by atoms with Crippen LogP contribution in [-0.4, -0.2) is 17.3 Å². The zero-order valence-corrected chi connectivity index (χ0v) is 19.9. The molecule has 1 saturated heterocycles. The van der Waals surface area contributed by atoms with Gasteiger partial charge in [0.25, 0.3) is 5.91 Å². The zero-order valence-electron chi connectivity index (χ0n) is 17.5. The smallest absolute Gasteiger partial charge is 0.270 e. The molecule has 1 aliphatic heterocycles. The number of anilines is 1. The number of thiocarbonyl (C=S) groups is 1. The molecular weight excluding hydrogens is 462 g/mol. The van der Waals surface area contributed by atoms with Gasteiger partial charge in [-0.05, 0) is 60.0 Å². The van der Waals surface area contributed by atoms with E-state index in [0.29, 0.717) is 32.4 Å². The van der Waals surface area contributed by atoms with Crippen molar-refractivity contribution in [2.75, 3.05) is 12.0 Å². The van der Waals surface area contributed by atoms with Crippen molar-refractivity contribution in [1.82, 2.24) is 0 Å².